The zero-order valence-electron chi connectivity index (χ0n) is 12.7. The van der Waals surface area contributed by atoms with E-state index in [1.165, 1.54) is 32.1 Å². The fourth-order valence-corrected chi connectivity index (χ4v) is 7.99. The van der Waals surface area contributed by atoms with Crippen LogP contribution in [0.1, 0.15) is 52.9 Å². The Kier molecular flexibility index (Phi) is 9.00. The molecule has 1 unspecified atom stereocenters. The van der Waals surface area contributed by atoms with Crippen LogP contribution in [0.2, 0.25) is 0 Å². The quantitative estimate of drug-likeness (QED) is 0.520. The third-order valence-corrected chi connectivity index (χ3v) is 9.27. The lowest BCUT2D eigenvalue weighted by Gasteiger charge is -2.28. The van der Waals surface area contributed by atoms with E-state index in [0.717, 1.165) is 5.75 Å². The molecule has 20 heavy (non-hydrogen) atoms. The van der Waals surface area contributed by atoms with E-state index in [-0.39, 0.29) is 0 Å². The lowest BCUT2D eigenvalue weighted by atomic mass is 9.96. The second-order valence-electron chi connectivity index (χ2n) is 5.53. The first kappa shape index (κ1) is 18.7. The molecule has 1 fully saturated rings. The maximum absolute atomic E-state index is 5.79. The lowest BCUT2D eigenvalue weighted by molar-refractivity contribution is 0.381. The highest BCUT2D eigenvalue weighted by atomic mass is 32.9. The zero-order valence-corrected chi connectivity index (χ0v) is 16.0. The predicted octanol–water partition coefficient (Wildman–Crippen LogP) is 4.43. The SMILES string of the molecule is CCOP(=S)(NC(=S)NC1CCCCC1)SCC(C)C. The molecule has 0 bridgehead atoms. The largest absolute Gasteiger partial charge is 0.360 e. The Balaban J connectivity index is 2.46. The predicted molar refractivity (Wildman–Crippen MR) is 98.9 cm³/mol. The topological polar surface area (TPSA) is 33.3 Å². The van der Waals surface area contributed by atoms with Gasteiger partial charge in [-0.3, -0.25) is 0 Å². The van der Waals surface area contributed by atoms with Gasteiger partial charge in [-0.25, -0.2) is 0 Å². The Morgan fingerprint density at radius 2 is 2.00 bits per heavy atom. The van der Waals surface area contributed by atoms with Crippen LogP contribution in [0, 0.1) is 5.92 Å². The molecule has 0 radical (unpaired) electrons. The smallest absolute Gasteiger partial charge is 0.212 e. The molecule has 1 aliphatic carbocycles. The molecule has 0 aromatic carbocycles. The van der Waals surface area contributed by atoms with Crippen LogP contribution in [0.15, 0.2) is 0 Å². The van der Waals surface area contributed by atoms with E-state index in [9.17, 15) is 0 Å². The summed E-state index contributed by atoms with van der Waals surface area (Å²) in [7, 11) is 0. The molecule has 0 aliphatic heterocycles. The van der Waals surface area contributed by atoms with Gasteiger partial charge in [-0.15, -0.1) is 0 Å². The average molecular weight is 355 g/mol. The highest BCUT2D eigenvalue weighted by Gasteiger charge is 2.22. The van der Waals surface area contributed by atoms with Crippen molar-refractivity contribution in [3.8, 4) is 0 Å². The first-order valence-electron chi connectivity index (χ1n) is 7.43. The molecular formula is C13H27N2OPS3. The maximum atomic E-state index is 5.79. The minimum Gasteiger partial charge on any atom is -0.360 e. The van der Waals surface area contributed by atoms with Gasteiger partial charge >= 0.3 is 0 Å². The number of rotatable bonds is 7. The van der Waals surface area contributed by atoms with E-state index in [0.29, 0.717) is 23.7 Å². The molecule has 1 aliphatic rings. The molecule has 0 amide bonds. The molecule has 0 heterocycles. The van der Waals surface area contributed by atoms with Gasteiger partial charge in [0.05, 0.1) is 6.61 Å². The molecule has 1 atom stereocenters. The van der Waals surface area contributed by atoms with Gasteiger partial charge in [0.1, 0.15) is 0 Å². The highest BCUT2D eigenvalue weighted by molar-refractivity contribution is 8.69. The lowest BCUT2D eigenvalue weighted by Crippen LogP contribution is -2.41. The fraction of sp³-hybridized carbons (Fsp3) is 0.923. The summed E-state index contributed by atoms with van der Waals surface area (Å²) in [4.78, 5) is 0. The number of hydrogen-bond acceptors (Lipinski definition) is 4. The Bertz CT molecular complexity index is 347. The van der Waals surface area contributed by atoms with Crippen molar-refractivity contribution in [1.82, 2.24) is 10.4 Å². The first-order chi connectivity index (χ1) is 9.45. The Morgan fingerprint density at radius 1 is 1.35 bits per heavy atom. The van der Waals surface area contributed by atoms with Crippen molar-refractivity contribution in [1.29, 1.82) is 0 Å². The summed E-state index contributed by atoms with van der Waals surface area (Å²) < 4.78 is 5.79. The van der Waals surface area contributed by atoms with Crippen LogP contribution in [0.4, 0.5) is 0 Å². The third kappa shape index (κ3) is 7.60. The van der Waals surface area contributed by atoms with Crippen LogP contribution in [0.3, 0.4) is 0 Å². The van der Waals surface area contributed by atoms with Gasteiger partial charge in [-0.1, -0.05) is 44.5 Å². The molecule has 1 saturated carbocycles. The van der Waals surface area contributed by atoms with E-state index < -0.39 is 5.62 Å². The van der Waals surface area contributed by atoms with Crippen LogP contribution in [-0.4, -0.2) is 23.5 Å². The first-order valence-corrected chi connectivity index (χ1v) is 12.1. The van der Waals surface area contributed by atoms with Crippen LogP contribution in [0.5, 0.6) is 0 Å². The van der Waals surface area contributed by atoms with Gasteiger partial charge in [0.15, 0.2) is 5.11 Å². The van der Waals surface area contributed by atoms with Crippen LogP contribution in [-0.2, 0) is 16.3 Å². The summed E-state index contributed by atoms with van der Waals surface area (Å²) in [5.74, 6) is 1.60. The molecule has 0 saturated heterocycles. The normalized spacial score (nSPS) is 19.6. The number of hydrogen-bond donors (Lipinski definition) is 2. The van der Waals surface area contributed by atoms with Gasteiger partial charge < -0.3 is 14.9 Å². The summed E-state index contributed by atoms with van der Waals surface area (Å²) in [5.41, 5.74) is -2.10. The van der Waals surface area contributed by atoms with Gasteiger partial charge in [0.25, 0.3) is 0 Å². The molecule has 1 rings (SSSR count). The summed E-state index contributed by atoms with van der Waals surface area (Å²) in [6.07, 6.45) is 6.35. The minimum atomic E-state index is -2.10. The molecule has 118 valence electrons. The summed E-state index contributed by atoms with van der Waals surface area (Å²) >= 11 is 12.8. The van der Waals surface area contributed by atoms with Crippen LogP contribution in [0.25, 0.3) is 0 Å². The Hall–Kier alpha value is 0.650. The average Bonchev–Trinajstić information content (AvgIpc) is 2.37. The van der Waals surface area contributed by atoms with Crippen LogP contribution >= 0.6 is 29.2 Å². The monoisotopic (exact) mass is 354 g/mol. The third-order valence-electron chi connectivity index (χ3n) is 3.06. The van der Waals surface area contributed by atoms with Crippen molar-refractivity contribution in [2.45, 2.75) is 58.9 Å². The maximum Gasteiger partial charge on any atom is 0.212 e. The molecule has 0 aromatic rings. The van der Waals surface area contributed by atoms with Crippen molar-refractivity contribution in [3.05, 3.63) is 0 Å². The second-order valence-corrected chi connectivity index (χ2v) is 12.6. The number of nitrogens with one attached hydrogen (secondary N) is 2. The van der Waals surface area contributed by atoms with Crippen LogP contribution < -0.4 is 10.4 Å². The summed E-state index contributed by atoms with van der Waals surface area (Å²) in [6, 6.07) is 0.504. The van der Waals surface area contributed by atoms with Gasteiger partial charge in [0, 0.05) is 11.8 Å². The molecule has 2 N–H and O–H groups in total. The van der Waals surface area contributed by atoms with Gasteiger partial charge in [-0.05, 0) is 49.7 Å². The Morgan fingerprint density at radius 3 is 2.55 bits per heavy atom. The number of thiocarbonyl (C=S) groups is 1. The van der Waals surface area contributed by atoms with E-state index in [1.54, 1.807) is 11.4 Å². The molecular weight excluding hydrogens is 327 g/mol. The molecule has 0 aromatic heterocycles. The van der Waals surface area contributed by atoms with E-state index >= 15 is 0 Å². The van der Waals surface area contributed by atoms with Gasteiger partial charge in [0.2, 0.25) is 5.62 Å². The highest BCUT2D eigenvalue weighted by Crippen LogP contribution is 2.56. The Labute approximate surface area is 138 Å². The van der Waals surface area contributed by atoms with Crippen molar-refractivity contribution >= 4 is 46.1 Å². The van der Waals surface area contributed by atoms with Crippen molar-refractivity contribution in [3.63, 3.8) is 0 Å². The molecule has 0 spiro atoms. The van der Waals surface area contributed by atoms with E-state index in [4.69, 9.17) is 28.5 Å². The molecule has 7 heteroatoms. The van der Waals surface area contributed by atoms with E-state index in [1.807, 2.05) is 6.92 Å². The van der Waals surface area contributed by atoms with Crippen molar-refractivity contribution in [2.75, 3.05) is 12.4 Å². The minimum absolute atomic E-state index is 0.504. The summed E-state index contributed by atoms with van der Waals surface area (Å²) in [6.45, 7) is 6.99. The van der Waals surface area contributed by atoms with E-state index in [2.05, 4.69) is 24.3 Å². The fourth-order valence-electron chi connectivity index (χ4n) is 2.11. The molecule has 3 nitrogen and oxygen atoms in total. The second kappa shape index (κ2) is 9.62. The van der Waals surface area contributed by atoms with Crippen molar-refractivity contribution < 1.29 is 4.52 Å². The summed E-state index contributed by atoms with van der Waals surface area (Å²) in [5, 5.41) is 7.36. The standard InChI is InChI=1S/C13H27N2OPS3/c1-4-16-17(19,20-10-11(2)3)15-13(18)14-12-8-6-5-7-9-12/h11-12H,4-10H2,1-3H3,(H2,14,15,18,19). The zero-order chi connectivity index (χ0) is 15.0. The van der Waals surface area contributed by atoms with Gasteiger partial charge in [-0.2, -0.15) is 0 Å². The van der Waals surface area contributed by atoms with Crippen molar-refractivity contribution in [2.24, 2.45) is 5.92 Å².